The summed E-state index contributed by atoms with van der Waals surface area (Å²) in [6, 6.07) is 1.84. The third-order valence-electron chi connectivity index (χ3n) is 3.19. The quantitative estimate of drug-likeness (QED) is 0.323. The maximum atomic E-state index is 12.7. The van der Waals surface area contributed by atoms with E-state index in [-0.39, 0.29) is 0 Å². The smallest absolute Gasteiger partial charge is 0.416 e. The first-order valence-electron chi connectivity index (χ1n) is 7.80. The van der Waals surface area contributed by atoms with Crippen LogP contribution in [0.1, 0.15) is 33.3 Å². The van der Waals surface area contributed by atoms with Crippen LogP contribution in [0.4, 0.5) is 13.2 Å². The summed E-state index contributed by atoms with van der Waals surface area (Å²) < 4.78 is 94.9. The van der Waals surface area contributed by atoms with Gasteiger partial charge < -0.3 is 9.26 Å². The first kappa shape index (κ1) is 23.9. The van der Waals surface area contributed by atoms with Crippen LogP contribution < -0.4 is 4.74 Å². The molecule has 0 spiro atoms. The number of methoxy groups -OCH3 is 1. The lowest BCUT2D eigenvalue weighted by atomic mass is 10.2. The minimum Gasteiger partial charge on any atom is -0.495 e. The summed E-state index contributed by atoms with van der Waals surface area (Å²) >= 11 is 0. The summed E-state index contributed by atoms with van der Waals surface area (Å²) in [5.41, 5.74) is -1.64. The minimum absolute atomic E-state index is 0.440. The van der Waals surface area contributed by atoms with Gasteiger partial charge in [0.2, 0.25) is 0 Å². The topological polar surface area (TPSA) is 88.1 Å². The molecule has 12 heteroatoms. The van der Waals surface area contributed by atoms with Gasteiger partial charge in [0.25, 0.3) is 0 Å². The van der Waals surface area contributed by atoms with E-state index in [2.05, 4.69) is 4.18 Å². The first-order valence-corrected chi connectivity index (χ1v) is 10.8. The van der Waals surface area contributed by atoms with E-state index < -0.39 is 58.7 Å². The predicted molar refractivity (Wildman–Crippen MR) is 91.2 cm³/mol. The van der Waals surface area contributed by atoms with Crippen LogP contribution in [-0.2, 0) is 34.1 Å². The molecule has 0 saturated carbocycles. The number of halogens is 3. The summed E-state index contributed by atoms with van der Waals surface area (Å²) in [4.78, 5) is -0.620. The average Bonchev–Trinajstić information content (AvgIpc) is 2.52. The molecule has 1 atom stereocenters. The number of rotatable bonds is 9. The average molecular weight is 434 g/mol. The summed E-state index contributed by atoms with van der Waals surface area (Å²) in [5.74, 6) is -0.546. The first-order chi connectivity index (χ1) is 12.2. The Bertz CT molecular complexity index is 791. The Kier molecular flexibility index (Phi) is 7.89. The van der Waals surface area contributed by atoms with Crippen LogP contribution in [0.2, 0.25) is 0 Å². The molecule has 0 saturated heterocycles. The second kappa shape index (κ2) is 8.91. The molecule has 0 N–H and O–H groups in total. The van der Waals surface area contributed by atoms with Crippen molar-refractivity contribution >= 4 is 17.7 Å². The van der Waals surface area contributed by atoms with Crippen LogP contribution in [0.15, 0.2) is 23.1 Å². The van der Waals surface area contributed by atoms with Gasteiger partial charge in [-0.2, -0.15) is 21.6 Å². The van der Waals surface area contributed by atoms with Gasteiger partial charge in [-0.1, -0.05) is 13.8 Å². The van der Waals surface area contributed by atoms with Crippen molar-refractivity contribution in [3.8, 4) is 5.75 Å². The Hall–Kier alpha value is -1.13. The number of ether oxygens (including phenoxy) is 1. The van der Waals surface area contributed by atoms with Gasteiger partial charge in [-0.05, 0) is 32.0 Å². The third-order valence-corrected chi connectivity index (χ3v) is 6.91. The van der Waals surface area contributed by atoms with Gasteiger partial charge >= 0.3 is 23.9 Å². The third kappa shape index (κ3) is 6.46. The molecule has 1 unspecified atom stereocenters. The molecule has 0 aromatic heterocycles. The minimum atomic E-state index is -4.67. The van der Waals surface area contributed by atoms with Crippen molar-refractivity contribution in [3.05, 3.63) is 23.8 Å². The molecule has 0 heterocycles. The molecule has 0 aliphatic heterocycles. The van der Waals surface area contributed by atoms with Crippen LogP contribution in [-0.4, -0.2) is 34.1 Å². The van der Waals surface area contributed by atoms with Gasteiger partial charge in [-0.3, -0.25) is 9.09 Å². The Balaban J connectivity index is 3.00. The number of hydrogen-bond acceptors (Lipinski definition) is 7. The molecule has 0 aliphatic carbocycles. The zero-order chi connectivity index (χ0) is 21.0. The highest BCUT2D eigenvalue weighted by Gasteiger charge is 2.34. The maximum Gasteiger partial charge on any atom is 0.416 e. The molecule has 0 radical (unpaired) electrons. The van der Waals surface area contributed by atoms with Crippen molar-refractivity contribution in [2.45, 2.75) is 50.5 Å². The van der Waals surface area contributed by atoms with E-state index in [0.29, 0.717) is 18.2 Å². The van der Waals surface area contributed by atoms with E-state index in [0.717, 1.165) is 7.11 Å². The van der Waals surface area contributed by atoms with Crippen molar-refractivity contribution in [2.75, 3.05) is 13.9 Å². The molecule has 0 aliphatic rings. The molecule has 1 aromatic rings. The van der Waals surface area contributed by atoms with Crippen molar-refractivity contribution < 1.29 is 44.1 Å². The monoisotopic (exact) mass is 434 g/mol. The van der Waals surface area contributed by atoms with Crippen molar-refractivity contribution in [1.29, 1.82) is 0 Å². The lowest BCUT2D eigenvalue weighted by molar-refractivity contribution is -0.137. The number of benzene rings is 1. The van der Waals surface area contributed by atoms with Crippen LogP contribution in [0.25, 0.3) is 0 Å². The summed E-state index contributed by atoms with van der Waals surface area (Å²) in [6.45, 7) is 5.45. The second-order valence-electron chi connectivity index (χ2n) is 5.97. The molecule has 0 bridgehead atoms. The second-order valence-corrected chi connectivity index (χ2v) is 10.1. The molecule has 27 heavy (non-hydrogen) atoms. The Morgan fingerprint density at radius 1 is 1.15 bits per heavy atom. The normalized spacial score (nSPS) is 15.2. The standard InChI is InChI=1S/C15H22F3O7PS/c1-10(2)25-26(19,11(3)4)23-9-24-27(20,21)14-7-6-12(15(16,17)18)8-13(14)22-5/h6-8,10-11H,9H2,1-5H3. The van der Waals surface area contributed by atoms with Gasteiger partial charge in [0.15, 0.2) is 6.79 Å². The molecule has 156 valence electrons. The fourth-order valence-corrected chi connectivity index (χ4v) is 4.25. The fourth-order valence-electron chi connectivity index (χ4n) is 1.87. The van der Waals surface area contributed by atoms with E-state index >= 15 is 0 Å². The molecule has 1 aromatic carbocycles. The summed E-state index contributed by atoms with van der Waals surface area (Å²) in [5, 5.41) is 0. The van der Waals surface area contributed by atoms with E-state index in [1.54, 1.807) is 27.7 Å². The molecular weight excluding hydrogens is 412 g/mol. The number of hydrogen-bond donors (Lipinski definition) is 0. The van der Waals surface area contributed by atoms with Gasteiger partial charge in [-0.15, -0.1) is 0 Å². The molecular formula is C15H22F3O7PS. The van der Waals surface area contributed by atoms with E-state index in [1.165, 1.54) is 0 Å². The van der Waals surface area contributed by atoms with Crippen molar-refractivity contribution in [3.63, 3.8) is 0 Å². The van der Waals surface area contributed by atoms with Crippen LogP contribution in [0.5, 0.6) is 5.75 Å². The fraction of sp³-hybridized carbons (Fsp3) is 0.600. The van der Waals surface area contributed by atoms with Crippen molar-refractivity contribution in [2.24, 2.45) is 0 Å². The molecule has 7 nitrogen and oxygen atoms in total. The van der Waals surface area contributed by atoms with Gasteiger partial charge in [-0.25, -0.2) is 4.18 Å². The maximum absolute atomic E-state index is 12.7. The highest BCUT2D eigenvalue weighted by molar-refractivity contribution is 7.86. The van der Waals surface area contributed by atoms with Gasteiger partial charge in [0.1, 0.15) is 10.6 Å². The van der Waals surface area contributed by atoms with E-state index in [9.17, 15) is 26.2 Å². The van der Waals surface area contributed by atoms with Crippen LogP contribution in [0, 0.1) is 0 Å². The largest absolute Gasteiger partial charge is 0.495 e. The molecule has 1 rings (SSSR count). The molecule has 0 amide bonds. The highest BCUT2D eigenvalue weighted by Crippen LogP contribution is 2.53. The zero-order valence-corrected chi connectivity index (χ0v) is 17.2. The Morgan fingerprint density at radius 2 is 1.74 bits per heavy atom. The van der Waals surface area contributed by atoms with Crippen LogP contribution in [0.3, 0.4) is 0 Å². The van der Waals surface area contributed by atoms with E-state index in [1.807, 2.05) is 0 Å². The summed E-state index contributed by atoms with van der Waals surface area (Å²) in [6.07, 6.45) is -5.11. The Labute approximate surface area is 156 Å². The lowest BCUT2D eigenvalue weighted by Gasteiger charge is -2.23. The van der Waals surface area contributed by atoms with Crippen LogP contribution >= 0.6 is 7.60 Å². The Morgan fingerprint density at radius 3 is 2.19 bits per heavy atom. The van der Waals surface area contributed by atoms with Gasteiger partial charge in [0.05, 0.1) is 24.4 Å². The zero-order valence-electron chi connectivity index (χ0n) is 15.4. The van der Waals surface area contributed by atoms with E-state index in [4.69, 9.17) is 13.8 Å². The summed E-state index contributed by atoms with van der Waals surface area (Å²) in [7, 11) is -7.16. The highest BCUT2D eigenvalue weighted by atomic mass is 32.2. The molecule has 0 fully saturated rings. The SMILES string of the molecule is COc1cc(C(F)(F)F)ccc1S(=O)(=O)OCOP(=O)(OC(C)C)C(C)C. The number of alkyl halides is 3. The van der Waals surface area contributed by atoms with Crippen molar-refractivity contribution in [1.82, 2.24) is 0 Å². The van der Waals surface area contributed by atoms with Gasteiger partial charge in [0, 0.05) is 0 Å². The predicted octanol–water partition coefficient (Wildman–Crippen LogP) is 4.42. The lowest BCUT2D eigenvalue weighted by Crippen LogP contribution is -2.15.